The molecule has 0 aromatic heterocycles. The van der Waals surface area contributed by atoms with Gasteiger partial charge in [-0.1, -0.05) is 24.3 Å². The standard InChI is InChI=1S/C16H24N2O/c1-12-8-13(9-17)10-18(12)11-16-15-5-3-2-4-14(15)6-7-19-16/h2-5,12-13,16H,6-11,17H2,1H3. The first-order chi connectivity index (χ1) is 9.28. The summed E-state index contributed by atoms with van der Waals surface area (Å²) >= 11 is 0. The zero-order chi connectivity index (χ0) is 13.2. The van der Waals surface area contributed by atoms with Gasteiger partial charge >= 0.3 is 0 Å². The van der Waals surface area contributed by atoms with Gasteiger partial charge in [0.2, 0.25) is 0 Å². The summed E-state index contributed by atoms with van der Waals surface area (Å²) in [5.41, 5.74) is 8.66. The molecule has 1 fully saturated rings. The van der Waals surface area contributed by atoms with E-state index in [1.807, 2.05) is 0 Å². The number of nitrogens with zero attached hydrogens (tertiary/aromatic N) is 1. The average molecular weight is 260 g/mol. The van der Waals surface area contributed by atoms with Crippen molar-refractivity contribution in [3.05, 3.63) is 35.4 Å². The zero-order valence-electron chi connectivity index (χ0n) is 11.7. The average Bonchev–Trinajstić information content (AvgIpc) is 2.80. The Morgan fingerprint density at radius 2 is 2.21 bits per heavy atom. The SMILES string of the molecule is CC1CC(CN)CN1CC1OCCc2ccccc21. The van der Waals surface area contributed by atoms with E-state index < -0.39 is 0 Å². The van der Waals surface area contributed by atoms with Crippen LogP contribution in [-0.2, 0) is 11.2 Å². The molecule has 3 unspecified atom stereocenters. The van der Waals surface area contributed by atoms with Gasteiger partial charge in [-0.05, 0) is 43.4 Å². The molecule has 0 saturated carbocycles. The fraction of sp³-hybridized carbons (Fsp3) is 0.625. The highest BCUT2D eigenvalue weighted by Crippen LogP contribution is 2.31. The first kappa shape index (κ1) is 13.1. The molecule has 2 heterocycles. The lowest BCUT2D eigenvalue weighted by Gasteiger charge is -2.31. The molecule has 1 saturated heterocycles. The summed E-state index contributed by atoms with van der Waals surface area (Å²) in [4.78, 5) is 2.55. The zero-order valence-corrected chi connectivity index (χ0v) is 11.7. The third kappa shape index (κ3) is 2.69. The van der Waals surface area contributed by atoms with Crippen LogP contribution in [0, 0.1) is 5.92 Å². The predicted molar refractivity (Wildman–Crippen MR) is 77.0 cm³/mol. The largest absolute Gasteiger partial charge is 0.372 e. The Morgan fingerprint density at radius 3 is 3.00 bits per heavy atom. The van der Waals surface area contributed by atoms with Gasteiger partial charge in [-0.3, -0.25) is 4.90 Å². The van der Waals surface area contributed by atoms with Crippen LogP contribution in [0.1, 0.15) is 30.6 Å². The fourth-order valence-corrected chi connectivity index (χ4v) is 3.48. The minimum Gasteiger partial charge on any atom is -0.372 e. The van der Waals surface area contributed by atoms with Crippen LogP contribution in [0.25, 0.3) is 0 Å². The van der Waals surface area contributed by atoms with Gasteiger partial charge in [0.15, 0.2) is 0 Å². The third-order valence-electron chi connectivity index (χ3n) is 4.62. The molecular weight excluding hydrogens is 236 g/mol. The van der Waals surface area contributed by atoms with Crippen LogP contribution in [0.15, 0.2) is 24.3 Å². The van der Waals surface area contributed by atoms with Crippen LogP contribution in [-0.4, -0.2) is 37.2 Å². The smallest absolute Gasteiger partial charge is 0.0954 e. The number of likely N-dealkylation sites (tertiary alicyclic amines) is 1. The topological polar surface area (TPSA) is 38.5 Å². The lowest BCUT2D eigenvalue weighted by molar-refractivity contribution is 0.0140. The van der Waals surface area contributed by atoms with Crippen molar-refractivity contribution in [3.63, 3.8) is 0 Å². The van der Waals surface area contributed by atoms with Gasteiger partial charge in [-0.2, -0.15) is 0 Å². The molecule has 0 radical (unpaired) electrons. The predicted octanol–water partition coefficient (Wildman–Crippen LogP) is 1.97. The number of hydrogen-bond donors (Lipinski definition) is 1. The molecule has 19 heavy (non-hydrogen) atoms. The summed E-state index contributed by atoms with van der Waals surface area (Å²) in [6.07, 6.45) is 2.52. The Balaban J connectivity index is 1.71. The van der Waals surface area contributed by atoms with Crippen molar-refractivity contribution in [2.45, 2.75) is 31.9 Å². The summed E-state index contributed by atoms with van der Waals surface area (Å²) in [7, 11) is 0. The number of fused-ring (bicyclic) bond motifs is 1. The fourth-order valence-electron chi connectivity index (χ4n) is 3.48. The summed E-state index contributed by atoms with van der Waals surface area (Å²) < 4.78 is 6.01. The van der Waals surface area contributed by atoms with Crippen LogP contribution >= 0.6 is 0 Å². The van der Waals surface area contributed by atoms with Crippen molar-refractivity contribution in [3.8, 4) is 0 Å². The Labute approximate surface area is 115 Å². The van der Waals surface area contributed by atoms with Gasteiger partial charge < -0.3 is 10.5 Å². The van der Waals surface area contributed by atoms with Gasteiger partial charge in [0.05, 0.1) is 12.7 Å². The van der Waals surface area contributed by atoms with E-state index in [0.717, 1.165) is 32.7 Å². The second-order valence-electron chi connectivity index (χ2n) is 5.95. The Bertz CT molecular complexity index is 435. The number of hydrogen-bond acceptors (Lipinski definition) is 3. The van der Waals surface area contributed by atoms with Crippen LogP contribution < -0.4 is 5.73 Å². The van der Waals surface area contributed by atoms with Crippen molar-refractivity contribution in [2.24, 2.45) is 11.7 Å². The maximum absolute atomic E-state index is 6.01. The lowest BCUT2D eigenvalue weighted by Crippen LogP contribution is -2.34. The van der Waals surface area contributed by atoms with E-state index in [0.29, 0.717) is 12.0 Å². The van der Waals surface area contributed by atoms with E-state index in [1.54, 1.807) is 0 Å². The molecule has 104 valence electrons. The van der Waals surface area contributed by atoms with E-state index in [9.17, 15) is 0 Å². The summed E-state index contributed by atoms with van der Waals surface area (Å²) in [5.74, 6) is 0.661. The molecular formula is C16H24N2O. The van der Waals surface area contributed by atoms with Crippen molar-refractivity contribution >= 4 is 0 Å². The molecule has 3 heteroatoms. The molecule has 0 bridgehead atoms. The molecule has 3 atom stereocenters. The van der Waals surface area contributed by atoms with Crippen molar-refractivity contribution in [1.29, 1.82) is 0 Å². The van der Waals surface area contributed by atoms with Gasteiger partial charge in [-0.25, -0.2) is 0 Å². The number of nitrogens with two attached hydrogens (primary N) is 1. The minimum atomic E-state index is 0.240. The highest BCUT2D eigenvalue weighted by atomic mass is 16.5. The molecule has 2 aliphatic heterocycles. The number of ether oxygens (including phenoxy) is 1. The summed E-state index contributed by atoms with van der Waals surface area (Å²) in [5, 5.41) is 0. The summed E-state index contributed by atoms with van der Waals surface area (Å²) in [6.45, 7) is 6.10. The molecule has 3 rings (SSSR count). The molecule has 2 N–H and O–H groups in total. The van der Waals surface area contributed by atoms with Crippen LogP contribution in [0.3, 0.4) is 0 Å². The van der Waals surface area contributed by atoms with E-state index in [4.69, 9.17) is 10.5 Å². The van der Waals surface area contributed by atoms with E-state index >= 15 is 0 Å². The van der Waals surface area contributed by atoms with Crippen molar-refractivity contribution in [2.75, 3.05) is 26.2 Å². The van der Waals surface area contributed by atoms with E-state index in [1.165, 1.54) is 17.5 Å². The lowest BCUT2D eigenvalue weighted by atomic mass is 9.97. The Kier molecular flexibility index (Phi) is 3.87. The van der Waals surface area contributed by atoms with Crippen LogP contribution in [0.2, 0.25) is 0 Å². The Hall–Kier alpha value is -0.900. The second-order valence-corrected chi connectivity index (χ2v) is 5.95. The molecule has 0 spiro atoms. The van der Waals surface area contributed by atoms with Crippen molar-refractivity contribution in [1.82, 2.24) is 4.90 Å². The number of rotatable bonds is 3. The van der Waals surface area contributed by atoms with Gasteiger partial charge in [0.1, 0.15) is 0 Å². The molecule has 0 aliphatic carbocycles. The second kappa shape index (κ2) is 5.61. The number of benzene rings is 1. The highest BCUT2D eigenvalue weighted by Gasteiger charge is 2.31. The molecule has 1 aromatic carbocycles. The Morgan fingerprint density at radius 1 is 1.37 bits per heavy atom. The van der Waals surface area contributed by atoms with Gasteiger partial charge in [-0.15, -0.1) is 0 Å². The molecule has 2 aliphatic rings. The normalized spacial score (nSPS) is 31.4. The first-order valence-corrected chi connectivity index (χ1v) is 7.41. The van der Waals surface area contributed by atoms with Crippen LogP contribution in [0.4, 0.5) is 0 Å². The molecule has 0 amide bonds. The van der Waals surface area contributed by atoms with E-state index in [2.05, 4.69) is 36.1 Å². The van der Waals surface area contributed by atoms with Crippen molar-refractivity contribution < 1.29 is 4.74 Å². The quantitative estimate of drug-likeness (QED) is 0.903. The third-order valence-corrected chi connectivity index (χ3v) is 4.62. The first-order valence-electron chi connectivity index (χ1n) is 7.41. The van der Waals surface area contributed by atoms with Crippen LogP contribution in [0.5, 0.6) is 0 Å². The highest BCUT2D eigenvalue weighted by molar-refractivity contribution is 5.31. The summed E-state index contributed by atoms with van der Waals surface area (Å²) in [6, 6.07) is 9.34. The van der Waals surface area contributed by atoms with Gasteiger partial charge in [0.25, 0.3) is 0 Å². The van der Waals surface area contributed by atoms with Gasteiger partial charge in [0, 0.05) is 19.1 Å². The van der Waals surface area contributed by atoms with E-state index in [-0.39, 0.29) is 6.10 Å². The maximum atomic E-state index is 6.01. The molecule has 3 nitrogen and oxygen atoms in total. The maximum Gasteiger partial charge on any atom is 0.0954 e. The monoisotopic (exact) mass is 260 g/mol. The molecule has 1 aromatic rings. The minimum absolute atomic E-state index is 0.240.